The van der Waals surface area contributed by atoms with E-state index in [0.29, 0.717) is 6.61 Å². The van der Waals surface area contributed by atoms with E-state index in [1.54, 1.807) is 14.2 Å². The molecule has 4 nitrogen and oxygen atoms in total. The van der Waals surface area contributed by atoms with Crippen LogP contribution in [0.3, 0.4) is 0 Å². The average Bonchev–Trinajstić information content (AvgIpc) is 2.52. The summed E-state index contributed by atoms with van der Waals surface area (Å²) in [4.78, 5) is 0. The van der Waals surface area contributed by atoms with Gasteiger partial charge in [0.15, 0.2) is 6.29 Å². The van der Waals surface area contributed by atoms with Crippen molar-refractivity contribution in [2.45, 2.75) is 25.6 Å². The molecule has 0 radical (unpaired) electrons. The minimum Gasteiger partial charge on any atom is -0.497 e. The highest BCUT2D eigenvalue weighted by atomic mass is 16.7. The lowest BCUT2D eigenvalue weighted by atomic mass is 10.2. The number of ether oxygens (including phenoxy) is 4. The van der Waals surface area contributed by atoms with Crippen LogP contribution in [0.2, 0.25) is 0 Å². The van der Waals surface area contributed by atoms with Crippen LogP contribution in [-0.4, -0.2) is 33.7 Å². The molecule has 1 heterocycles. The highest BCUT2D eigenvalue weighted by Gasteiger charge is 2.12. The Hall–Kier alpha value is -1.70. The van der Waals surface area contributed by atoms with Crippen molar-refractivity contribution >= 4 is 0 Å². The second kappa shape index (κ2) is 7.78. The summed E-state index contributed by atoms with van der Waals surface area (Å²) in [5, 5.41) is 0. The molecule has 20 heavy (non-hydrogen) atoms. The van der Waals surface area contributed by atoms with E-state index in [9.17, 15) is 0 Å². The molecular weight excluding hydrogens is 256 g/mol. The summed E-state index contributed by atoms with van der Waals surface area (Å²) in [6.45, 7) is 1.15. The quantitative estimate of drug-likeness (QED) is 0.792. The number of methoxy groups -OCH3 is 2. The van der Waals surface area contributed by atoms with Gasteiger partial charge in [-0.2, -0.15) is 0 Å². The molecule has 0 spiro atoms. The van der Waals surface area contributed by atoms with Gasteiger partial charge in [-0.3, -0.25) is 0 Å². The zero-order chi connectivity index (χ0) is 14.2. The van der Waals surface area contributed by atoms with E-state index in [1.165, 1.54) is 0 Å². The van der Waals surface area contributed by atoms with Crippen LogP contribution < -0.4 is 9.47 Å². The van der Waals surface area contributed by atoms with Gasteiger partial charge in [0.05, 0.1) is 14.2 Å². The van der Waals surface area contributed by atoms with Crippen molar-refractivity contribution in [3.63, 3.8) is 0 Å². The van der Waals surface area contributed by atoms with Crippen molar-refractivity contribution in [2.24, 2.45) is 0 Å². The van der Waals surface area contributed by atoms with E-state index in [2.05, 4.69) is 11.8 Å². The van der Waals surface area contributed by atoms with E-state index in [4.69, 9.17) is 18.9 Å². The first-order chi connectivity index (χ1) is 9.81. The molecule has 1 unspecified atom stereocenters. The Bertz CT molecular complexity index is 459. The fourth-order valence-corrected chi connectivity index (χ4v) is 1.99. The first-order valence-electron chi connectivity index (χ1n) is 6.77. The van der Waals surface area contributed by atoms with Crippen molar-refractivity contribution in [2.75, 3.05) is 27.4 Å². The van der Waals surface area contributed by atoms with E-state index in [1.807, 2.05) is 18.2 Å². The topological polar surface area (TPSA) is 36.9 Å². The number of hydrogen-bond donors (Lipinski definition) is 0. The van der Waals surface area contributed by atoms with Crippen LogP contribution in [0.5, 0.6) is 11.5 Å². The van der Waals surface area contributed by atoms with Crippen molar-refractivity contribution in [3.8, 4) is 23.3 Å². The summed E-state index contributed by atoms with van der Waals surface area (Å²) in [7, 11) is 3.24. The molecule has 0 N–H and O–H groups in total. The van der Waals surface area contributed by atoms with Crippen molar-refractivity contribution in [3.05, 3.63) is 23.8 Å². The van der Waals surface area contributed by atoms with Crippen LogP contribution in [0.4, 0.5) is 0 Å². The minimum absolute atomic E-state index is 0.0992. The lowest BCUT2D eigenvalue weighted by Gasteiger charge is -2.21. The molecule has 2 rings (SSSR count). The van der Waals surface area contributed by atoms with Gasteiger partial charge in [-0.25, -0.2) is 0 Å². The van der Waals surface area contributed by atoms with Gasteiger partial charge in [0.2, 0.25) is 0 Å². The zero-order valence-electron chi connectivity index (χ0n) is 12.0. The molecule has 4 heteroatoms. The molecule has 0 aliphatic carbocycles. The molecule has 0 amide bonds. The summed E-state index contributed by atoms with van der Waals surface area (Å²) in [6.07, 6.45) is 3.13. The van der Waals surface area contributed by atoms with E-state index in [0.717, 1.165) is 42.9 Å². The summed E-state index contributed by atoms with van der Waals surface area (Å²) in [5.74, 6) is 7.49. The van der Waals surface area contributed by atoms with Gasteiger partial charge in [-0.15, -0.1) is 0 Å². The Labute approximate surface area is 120 Å². The standard InChI is InChI=1S/C16H20O4/c1-17-14-10-13(11-15(12-14)18-2)6-5-9-20-16-7-3-4-8-19-16/h10-12,16H,3-4,7-9H2,1-2H3. The van der Waals surface area contributed by atoms with Crippen LogP contribution in [0.25, 0.3) is 0 Å². The van der Waals surface area contributed by atoms with Crippen LogP contribution >= 0.6 is 0 Å². The Balaban J connectivity index is 1.90. The van der Waals surface area contributed by atoms with Gasteiger partial charge >= 0.3 is 0 Å². The Morgan fingerprint density at radius 1 is 1.15 bits per heavy atom. The molecule has 1 fully saturated rings. The van der Waals surface area contributed by atoms with Crippen LogP contribution in [0.15, 0.2) is 18.2 Å². The predicted octanol–water partition coefficient (Wildman–Crippen LogP) is 2.60. The lowest BCUT2D eigenvalue weighted by molar-refractivity contribution is -0.154. The smallest absolute Gasteiger partial charge is 0.158 e. The molecule has 0 saturated carbocycles. The zero-order valence-corrected chi connectivity index (χ0v) is 12.0. The predicted molar refractivity (Wildman–Crippen MR) is 76.0 cm³/mol. The van der Waals surface area contributed by atoms with E-state index >= 15 is 0 Å². The Morgan fingerprint density at radius 2 is 1.90 bits per heavy atom. The summed E-state index contributed by atoms with van der Waals surface area (Å²) in [6, 6.07) is 5.55. The molecule has 1 aliphatic heterocycles. The first kappa shape index (κ1) is 14.7. The fraction of sp³-hybridized carbons (Fsp3) is 0.500. The van der Waals surface area contributed by atoms with Crippen LogP contribution in [0.1, 0.15) is 24.8 Å². The number of benzene rings is 1. The number of rotatable bonds is 4. The second-order valence-corrected chi connectivity index (χ2v) is 4.51. The first-order valence-corrected chi connectivity index (χ1v) is 6.77. The van der Waals surface area contributed by atoms with E-state index in [-0.39, 0.29) is 6.29 Å². The lowest BCUT2D eigenvalue weighted by Crippen LogP contribution is -2.22. The second-order valence-electron chi connectivity index (χ2n) is 4.51. The highest BCUT2D eigenvalue weighted by molar-refractivity contribution is 5.46. The molecule has 1 aromatic rings. The maximum atomic E-state index is 5.56. The van der Waals surface area contributed by atoms with E-state index < -0.39 is 0 Å². The molecule has 1 atom stereocenters. The third kappa shape index (κ3) is 4.44. The molecule has 1 saturated heterocycles. The Morgan fingerprint density at radius 3 is 2.50 bits per heavy atom. The molecule has 1 aromatic carbocycles. The fourth-order valence-electron chi connectivity index (χ4n) is 1.99. The van der Waals surface area contributed by atoms with Gasteiger partial charge in [0, 0.05) is 18.2 Å². The molecule has 108 valence electrons. The Kier molecular flexibility index (Phi) is 5.72. The summed E-state index contributed by atoms with van der Waals surface area (Å²) >= 11 is 0. The summed E-state index contributed by atoms with van der Waals surface area (Å²) in [5.41, 5.74) is 0.842. The maximum absolute atomic E-state index is 5.56. The highest BCUT2D eigenvalue weighted by Crippen LogP contribution is 2.21. The van der Waals surface area contributed by atoms with Crippen LogP contribution in [-0.2, 0) is 9.47 Å². The maximum Gasteiger partial charge on any atom is 0.158 e. The largest absolute Gasteiger partial charge is 0.497 e. The molecular formula is C16H20O4. The molecule has 0 bridgehead atoms. The number of hydrogen-bond acceptors (Lipinski definition) is 4. The van der Waals surface area contributed by atoms with Gasteiger partial charge in [-0.05, 0) is 31.4 Å². The van der Waals surface area contributed by atoms with Crippen molar-refractivity contribution in [1.82, 2.24) is 0 Å². The average molecular weight is 276 g/mol. The van der Waals surface area contributed by atoms with Gasteiger partial charge in [0.1, 0.15) is 18.1 Å². The third-order valence-corrected chi connectivity index (χ3v) is 3.06. The monoisotopic (exact) mass is 276 g/mol. The normalized spacial score (nSPS) is 18.0. The summed E-state index contributed by atoms with van der Waals surface area (Å²) < 4.78 is 21.4. The van der Waals surface area contributed by atoms with Gasteiger partial charge in [-0.1, -0.05) is 11.8 Å². The van der Waals surface area contributed by atoms with Crippen molar-refractivity contribution < 1.29 is 18.9 Å². The van der Waals surface area contributed by atoms with Gasteiger partial charge < -0.3 is 18.9 Å². The SMILES string of the molecule is COc1cc(C#CCOC2CCCCO2)cc(OC)c1. The third-order valence-electron chi connectivity index (χ3n) is 3.06. The van der Waals surface area contributed by atoms with Crippen LogP contribution in [0, 0.1) is 11.8 Å². The molecule has 0 aromatic heterocycles. The van der Waals surface area contributed by atoms with Gasteiger partial charge in [0.25, 0.3) is 0 Å². The minimum atomic E-state index is -0.0992. The van der Waals surface area contributed by atoms with Crippen molar-refractivity contribution in [1.29, 1.82) is 0 Å². The molecule has 1 aliphatic rings.